The van der Waals surface area contributed by atoms with Crippen LogP contribution in [0.4, 0.5) is 0 Å². The predicted octanol–water partition coefficient (Wildman–Crippen LogP) is 1.44. The summed E-state index contributed by atoms with van der Waals surface area (Å²) in [6.45, 7) is 5.47. The van der Waals surface area contributed by atoms with Crippen LogP contribution in [0.25, 0.3) is 0 Å². The smallest absolute Gasteiger partial charge is 0.221 e. The molecule has 0 spiro atoms. The molecule has 1 radical (unpaired) electrons. The van der Waals surface area contributed by atoms with Crippen LogP contribution in [-0.4, -0.2) is 5.91 Å². The van der Waals surface area contributed by atoms with Crippen molar-refractivity contribution in [1.82, 2.24) is 0 Å². The molecule has 0 saturated carbocycles. The van der Waals surface area contributed by atoms with Gasteiger partial charge in [0.15, 0.2) is 0 Å². The quantitative estimate of drug-likeness (QED) is 0.595. The average Bonchev–Trinajstić information content (AvgIpc) is 1.86. The molecule has 0 aliphatic rings. The Balaban J connectivity index is 3.58. The van der Waals surface area contributed by atoms with E-state index in [1.165, 1.54) is 6.42 Å². The van der Waals surface area contributed by atoms with E-state index in [4.69, 9.17) is 5.73 Å². The lowest BCUT2D eigenvalue weighted by atomic mass is 10.1. The van der Waals surface area contributed by atoms with Gasteiger partial charge < -0.3 is 5.73 Å². The molecular formula is C9H14NO. The van der Waals surface area contributed by atoms with Crippen molar-refractivity contribution < 1.29 is 4.79 Å². The van der Waals surface area contributed by atoms with Crippen LogP contribution in [0, 0.1) is 12.3 Å². The maximum atomic E-state index is 10.4. The fourth-order valence-corrected chi connectivity index (χ4v) is 0.704. The van der Waals surface area contributed by atoms with Crippen LogP contribution in [0.1, 0.15) is 13.3 Å². The maximum Gasteiger partial charge on any atom is 0.221 e. The first-order chi connectivity index (χ1) is 5.16. The van der Waals surface area contributed by atoms with Crippen molar-refractivity contribution >= 4 is 5.91 Å². The third-order valence-corrected chi connectivity index (χ3v) is 1.17. The van der Waals surface area contributed by atoms with E-state index in [2.05, 4.69) is 6.58 Å². The van der Waals surface area contributed by atoms with Crippen LogP contribution in [0.5, 0.6) is 0 Å². The molecule has 0 aromatic carbocycles. The molecule has 0 rings (SSSR count). The summed E-state index contributed by atoms with van der Waals surface area (Å²) in [4.78, 5) is 10.4. The second-order valence-electron chi connectivity index (χ2n) is 2.38. The zero-order valence-corrected chi connectivity index (χ0v) is 6.79. The summed E-state index contributed by atoms with van der Waals surface area (Å²) in [6.07, 6.45) is 7.98. The SMILES string of the molecule is C=CCC=C[C@H](C)[CH]C(N)=O. The van der Waals surface area contributed by atoms with E-state index in [0.717, 1.165) is 6.42 Å². The second kappa shape index (κ2) is 5.71. The summed E-state index contributed by atoms with van der Waals surface area (Å²) >= 11 is 0. The first kappa shape index (κ1) is 9.95. The molecule has 11 heavy (non-hydrogen) atoms. The summed E-state index contributed by atoms with van der Waals surface area (Å²) < 4.78 is 0. The van der Waals surface area contributed by atoms with Gasteiger partial charge in [0.05, 0.1) is 6.42 Å². The number of carbonyl (C=O) groups excluding carboxylic acids is 1. The van der Waals surface area contributed by atoms with Gasteiger partial charge in [-0.05, 0) is 12.3 Å². The van der Waals surface area contributed by atoms with Gasteiger partial charge in [0, 0.05) is 0 Å². The topological polar surface area (TPSA) is 43.1 Å². The van der Waals surface area contributed by atoms with Crippen molar-refractivity contribution in [1.29, 1.82) is 0 Å². The number of hydrogen-bond donors (Lipinski definition) is 1. The van der Waals surface area contributed by atoms with E-state index >= 15 is 0 Å². The molecule has 61 valence electrons. The number of allylic oxidation sites excluding steroid dienone is 3. The molecule has 0 unspecified atom stereocenters. The van der Waals surface area contributed by atoms with Crippen molar-refractivity contribution in [3.05, 3.63) is 31.2 Å². The highest BCUT2D eigenvalue weighted by atomic mass is 16.1. The van der Waals surface area contributed by atoms with Crippen molar-refractivity contribution in [2.75, 3.05) is 0 Å². The molecule has 2 nitrogen and oxygen atoms in total. The molecule has 0 aromatic rings. The monoisotopic (exact) mass is 152 g/mol. The lowest BCUT2D eigenvalue weighted by Gasteiger charge is -1.99. The summed E-state index contributed by atoms with van der Waals surface area (Å²) in [5.74, 6) is -0.256. The van der Waals surface area contributed by atoms with E-state index in [1.807, 2.05) is 19.1 Å². The van der Waals surface area contributed by atoms with E-state index < -0.39 is 0 Å². The molecule has 0 fully saturated rings. The molecule has 0 aliphatic heterocycles. The Bertz CT molecular complexity index is 161. The lowest BCUT2D eigenvalue weighted by molar-refractivity contribution is -0.115. The van der Waals surface area contributed by atoms with E-state index in [9.17, 15) is 4.79 Å². The molecular weight excluding hydrogens is 138 g/mol. The summed E-state index contributed by atoms with van der Waals surface area (Å²) in [6, 6.07) is 0. The Kier molecular flexibility index (Phi) is 5.17. The molecule has 0 aromatic heterocycles. The minimum Gasteiger partial charge on any atom is -0.369 e. The predicted molar refractivity (Wildman–Crippen MR) is 46.6 cm³/mol. The van der Waals surface area contributed by atoms with Gasteiger partial charge in [0.25, 0.3) is 0 Å². The van der Waals surface area contributed by atoms with E-state index in [1.54, 1.807) is 6.08 Å². The standard InChI is InChI=1S/C9H14NO/c1-3-4-5-6-8(2)7-9(10)11/h3,5-8H,1,4H2,2H3,(H2,10,11)/t8-/m0/s1. The number of primary amides is 1. The molecule has 0 aliphatic carbocycles. The molecule has 2 N–H and O–H groups in total. The zero-order valence-electron chi connectivity index (χ0n) is 6.79. The van der Waals surface area contributed by atoms with Gasteiger partial charge in [-0.15, -0.1) is 6.58 Å². The first-order valence-corrected chi connectivity index (χ1v) is 3.58. The van der Waals surface area contributed by atoms with Gasteiger partial charge in [-0.3, -0.25) is 4.79 Å². The average molecular weight is 152 g/mol. The van der Waals surface area contributed by atoms with Gasteiger partial charge in [0.1, 0.15) is 0 Å². The lowest BCUT2D eigenvalue weighted by Crippen LogP contribution is -2.14. The Morgan fingerprint density at radius 2 is 2.36 bits per heavy atom. The number of hydrogen-bond acceptors (Lipinski definition) is 1. The minimum absolute atomic E-state index is 0.118. The minimum atomic E-state index is -0.374. The summed E-state index contributed by atoms with van der Waals surface area (Å²) in [7, 11) is 0. The number of amides is 1. The molecule has 0 saturated heterocycles. The van der Waals surface area contributed by atoms with E-state index in [0.29, 0.717) is 0 Å². The highest BCUT2D eigenvalue weighted by Gasteiger charge is 2.00. The Labute approximate surface area is 67.8 Å². The van der Waals surface area contributed by atoms with E-state index in [-0.39, 0.29) is 11.8 Å². The van der Waals surface area contributed by atoms with Crippen LogP contribution >= 0.6 is 0 Å². The number of nitrogens with two attached hydrogens (primary N) is 1. The zero-order chi connectivity index (χ0) is 8.69. The van der Waals surface area contributed by atoms with Crippen LogP contribution in [0.3, 0.4) is 0 Å². The van der Waals surface area contributed by atoms with Crippen molar-refractivity contribution in [2.45, 2.75) is 13.3 Å². The largest absolute Gasteiger partial charge is 0.369 e. The maximum absolute atomic E-state index is 10.4. The van der Waals surface area contributed by atoms with Crippen molar-refractivity contribution in [2.24, 2.45) is 11.7 Å². The second-order valence-corrected chi connectivity index (χ2v) is 2.38. The highest BCUT2D eigenvalue weighted by molar-refractivity contribution is 5.83. The van der Waals surface area contributed by atoms with Gasteiger partial charge in [-0.1, -0.05) is 25.2 Å². The first-order valence-electron chi connectivity index (χ1n) is 3.58. The van der Waals surface area contributed by atoms with Gasteiger partial charge in [-0.25, -0.2) is 0 Å². The third kappa shape index (κ3) is 6.84. The van der Waals surface area contributed by atoms with Gasteiger partial charge >= 0.3 is 0 Å². The van der Waals surface area contributed by atoms with Crippen LogP contribution < -0.4 is 5.73 Å². The molecule has 1 amide bonds. The Morgan fingerprint density at radius 1 is 1.73 bits per heavy atom. The van der Waals surface area contributed by atoms with Crippen molar-refractivity contribution in [3.8, 4) is 0 Å². The van der Waals surface area contributed by atoms with Crippen LogP contribution in [0.15, 0.2) is 24.8 Å². The van der Waals surface area contributed by atoms with Gasteiger partial charge in [-0.2, -0.15) is 0 Å². The van der Waals surface area contributed by atoms with Gasteiger partial charge in [0.2, 0.25) is 5.91 Å². The Hall–Kier alpha value is -1.05. The molecule has 1 atom stereocenters. The Morgan fingerprint density at radius 3 is 2.82 bits per heavy atom. The molecule has 0 bridgehead atoms. The number of rotatable bonds is 5. The van der Waals surface area contributed by atoms with Crippen LogP contribution in [0.2, 0.25) is 0 Å². The number of carbonyl (C=O) groups is 1. The summed E-state index contributed by atoms with van der Waals surface area (Å²) in [5, 5.41) is 0. The van der Waals surface area contributed by atoms with Crippen LogP contribution in [-0.2, 0) is 4.79 Å². The normalized spacial score (nSPS) is 13.2. The molecule has 2 heteroatoms. The fourth-order valence-electron chi connectivity index (χ4n) is 0.704. The molecule has 0 heterocycles. The summed E-state index contributed by atoms with van der Waals surface area (Å²) in [5.41, 5.74) is 4.95. The third-order valence-electron chi connectivity index (χ3n) is 1.17. The van der Waals surface area contributed by atoms with Crippen molar-refractivity contribution in [3.63, 3.8) is 0 Å². The fraction of sp³-hybridized carbons (Fsp3) is 0.333. The highest BCUT2D eigenvalue weighted by Crippen LogP contribution is 2.01.